The molecule has 0 atom stereocenters. The van der Waals surface area contributed by atoms with Crippen molar-refractivity contribution in [2.45, 2.75) is 0 Å². The number of likely N-dealkylation sites (tertiary alicyclic amines) is 1. The lowest BCUT2D eigenvalue weighted by Gasteiger charge is -2.55. The van der Waals surface area contributed by atoms with Crippen LogP contribution in [0.3, 0.4) is 0 Å². The van der Waals surface area contributed by atoms with Crippen molar-refractivity contribution in [3.05, 3.63) is 30.3 Å². The molecule has 4 nitrogen and oxygen atoms in total. The van der Waals surface area contributed by atoms with Gasteiger partial charge in [-0.1, -0.05) is 18.2 Å². The SMILES string of the molecule is CN(C(=O)N1CC2(COC2)C1)c1ccccc1. The van der Waals surface area contributed by atoms with Crippen molar-refractivity contribution < 1.29 is 9.53 Å². The number of carbonyl (C=O) groups excluding carboxylic acids is 1. The van der Waals surface area contributed by atoms with Gasteiger partial charge in [-0.3, -0.25) is 4.90 Å². The van der Waals surface area contributed by atoms with E-state index in [1.165, 1.54) is 0 Å². The van der Waals surface area contributed by atoms with Crippen molar-refractivity contribution in [1.29, 1.82) is 0 Å². The van der Waals surface area contributed by atoms with E-state index in [1.807, 2.05) is 42.3 Å². The van der Waals surface area contributed by atoms with E-state index in [-0.39, 0.29) is 11.4 Å². The van der Waals surface area contributed by atoms with Gasteiger partial charge in [0, 0.05) is 25.8 Å². The number of anilines is 1. The molecule has 0 N–H and O–H groups in total. The van der Waals surface area contributed by atoms with Crippen LogP contribution in [0.4, 0.5) is 10.5 Å². The fourth-order valence-corrected chi connectivity index (χ4v) is 2.45. The first-order valence-corrected chi connectivity index (χ1v) is 5.86. The molecule has 2 amide bonds. The minimum absolute atomic E-state index is 0.0775. The molecular weight excluding hydrogens is 216 g/mol. The third kappa shape index (κ3) is 1.69. The summed E-state index contributed by atoms with van der Waals surface area (Å²) in [5.74, 6) is 0. The topological polar surface area (TPSA) is 32.8 Å². The van der Waals surface area contributed by atoms with Gasteiger partial charge in [0.25, 0.3) is 0 Å². The van der Waals surface area contributed by atoms with Gasteiger partial charge in [0.2, 0.25) is 0 Å². The molecule has 1 aromatic rings. The van der Waals surface area contributed by atoms with Crippen LogP contribution in [0.2, 0.25) is 0 Å². The summed E-state index contributed by atoms with van der Waals surface area (Å²) in [6, 6.07) is 9.80. The lowest BCUT2D eigenvalue weighted by atomic mass is 9.78. The standard InChI is InChI=1S/C13H16N2O2/c1-14(11-5-3-2-4-6-11)12(16)15-7-13(8-15)9-17-10-13/h2-6H,7-10H2,1H3. The van der Waals surface area contributed by atoms with Gasteiger partial charge in [-0.2, -0.15) is 0 Å². The van der Waals surface area contributed by atoms with E-state index in [0.29, 0.717) is 0 Å². The number of amides is 2. The number of hydrogen-bond donors (Lipinski definition) is 0. The Morgan fingerprint density at radius 2 is 1.94 bits per heavy atom. The van der Waals surface area contributed by atoms with Crippen LogP contribution in [-0.4, -0.2) is 44.3 Å². The Hall–Kier alpha value is -1.55. The zero-order valence-corrected chi connectivity index (χ0v) is 9.93. The Morgan fingerprint density at radius 3 is 2.47 bits per heavy atom. The van der Waals surface area contributed by atoms with Crippen LogP contribution >= 0.6 is 0 Å². The molecule has 3 rings (SSSR count). The Kier molecular flexibility index (Phi) is 2.33. The molecule has 1 spiro atoms. The number of hydrogen-bond acceptors (Lipinski definition) is 2. The zero-order valence-electron chi connectivity index (χ0n) is 9.93. The molecule has 0 bridgehead atoms. The second-order valence-electron chi connectivity index (χ2n) is 5.03. The van der Waals surface area contributed by atoms with E-state index < -0.39 is 0 Å². The first-order valence-electron chi connectivity index (χ1n) is 5.86. The fraction of sp³-hybridized carbons (Fsp3) is 0.462. The number of ether oxygens (including phenoxy) is 1. The Morgan fingerprint density at radius 1 is 1.29 bits per heavy atom. The van der Waals surface area contributed by atoms with E-state index in [0.717, 1.165) is 32.0 Å². The van der Waals surface area contributed by atoms with E-state index >= 15 is 0 Å². The van der Waals surface area contributed by atoms with Gasteiger partial charge < -0.3 is 9.64 Å². The van der Waals surface area contributed by atoms with E-state index in [2.05, 4.69) is 0 Å². The lowest BCUT2D eigenvalue weighted by Crippen LogP contribution is -2.68. The van der Waals surface area contributed by atoms with Crippen molar-refractivity contribution in [2.75, 3.05) is 38.3 Å². The van der Waals surface area contributed by atoms with Crippen molar-refractivity contribution in [1.82, 2.24) is 4.90 Å². The fourth-order valence-electron chi connectivity index (χ4n) is 2.45. The van der Waals surface area contributed by atoms with Gasteiger partial charge in [-0.15, -0.1) is 0 Å². The average molecular weight is 232 g/mol. The molecule has 0 aliphatic carbocycles. The minimum atomic E-state index is 0.0775. The maximum atomic E-state index is 12.2. The highest BCUT2D eigenvalue weighted by atomic mass is 16.5. The highest BCUT2D eigenvalue weighted by Gasteiger charge is 2.51. The van der Waals surface area contributed by atoms with Gasteiger partial charge in [0.1, 0.15) is 0 Å². The van der Waals surface area contributed by atoms with Gasteiger partial charge >= 0.3 is 6.03 Å². The van der Waals surface area contributed by atoms with Crippen molar-refractivity contribution in [3.63, 3.8) is 0 Å². The highest BCUT2D eigenvalue weighted by molar-refractivity contribution is 5.92. The summed E-state index contributed by atoms with van der Waals surface area (Å²) in [6.07, 6.45) is 0. The molecule has 2 heterocycles. The molecule has 2 aliphatic rings. The quantitative estimate of drug-likeness (QED) is 0.736. The summed E-state index contributed by atoms with van der Waals surface area (Å²) in [5, 5.41) is 0. The second-order valence-corrected chi connectivity index (χ2v) is 5.03. The largest absolute Gasteiger partial charge is 0.380 e. The zero-order chi connectivity index (χ0) is 11.9. The summed E-state index contributed by atoms with van der Waals surface area (Å²) >= 11 is 0. The normalized spacial score (nSPS) is 20.6. The second kappa shape index (κ2) is 3.74. The third-order valence-corrected chi connectivity index (χ3v) is 3.57. The maximum Gasteiger partial charge on any atom is 0.324 e. The van der Waals surface area contributed by atoms with E-state index in [9.17, 15) is 4.79 Å². The molecule has 1 aromatic carbocycles. The van der Waals surface area contributed by atoms with Crippen LogP contribution in [0.25, 0.3) is 0 Å². The molecule has 2 fully saturated rings. The van der Waals surface area contributed by atoms with Gasteiger partial charge in [0.15, 0.2) is 0 Å². The number of para-hydroxylation sites is 1. The molecule has 0 saturated carbocycles. The summed E-state index contributed by atoms with van der Waals surface area (Å²) in [7, 11) is 1.82. The van der Waals surface area contributed by atoms with Crippen LogP contribution < -0.4 is 4.90 Å². The minimum Gasteiger partial charge on any atom is -0.380 e. The van der Waals surface area contributed by atoms with Crippen LogP contribution in [0.15, 0.2) is 30.3 Å². The predicted octanol–water partition coefficient (Wildman–Crippen LogP) is 1.57. The number of rotatable bonds is 1. The summed E-state index contributed by atoms with van der Waals surface area (Å²) in [6.45, 7) is 3.30. The molecule has 17 heavy (non-hydrogen) atoms. The molecule has 2 saturated heterocycles. The first kappa shape index (κ1) is 10.6. The summed E-state index contributed by atoms with van der Waals surface area (Å²) in [5.41, 5.74) is 1.22. The van der Waals surface area contributed by atoms with Crippen molar-refractivity contribution >= 4 is 11.7 Å². The Balaban J connectivity index is 1.63. The Labute approximate surface area is 101 Å². The molecule has 0 aromatic heterocycles. The van der Waals surface area contributed by atoms with E-state index in [4.69, 9.17) is 4.74 Å². The molecular formula is C13H16N2O2. The third-order valence-electron chi connectivity index (χ3n) is 3.57. The Bertz CT molecular complexity index is 420. The van der Waals surface area contributed by atoms with Crippen LogP contribution in [0, 0.1) is 5.41 Å². The summed E-state index contributed by atoms with van der Waals surface area (Å²) < 4.78 is 5.20. The van der Waals surface area contributed by atoms with Crippen LogP contribution in [0.5, 0.6) is 0 Å². The van der Waals surface area contributed by atoms with Gasteiger partial charge in [-0.05, 0) is 12.1 Å². The predicted molar refractivity (Wildman–Crippen MR) is 65.1 cm³/mol. The number of carbonyl (C=O) groups is 1. The molecule has 4 heteroatoms. The summed E-state index contributed by atoms with van der Waals surface area (Å²) in [4.78, 5) is 15.7. The van der Waals surface area contributed by atoms with Crippen molar-refractivity contribution in [2.24, 2.45) is 5.41 Å². The number of benzene rings is 1. The van der Waals surface area contributed by atoms with Crippen LogP contribution in [-0.2, 0) is 4.74 Å². The van der Waals surface area contributed by atoms with Crippen molar-refractivity contribution in [3.8, 4) is 0 Å². The van der Waals surface area contributed by atoms with Gasteiger partial charge in [-0.25, -0.2) is 4.79 Å². The monoisotopic (exact) mass is 232 g/mol. The van der Waals surface area contributed by atoms with Gasteiger partial charge in [0.05, 0.1) is 18.6 Å². The molecule has 0 radical (unpaired) electrons. The van der Waals surface area contributed by atoms with E-state index in [1.54, 1.807) is 4.90 Å². The number of nitrogens with zero attached hydrogens (tertiary/aromatic N) is 2. The highest BCUT2D eigenvalue weighted by Crippen LogP contribution is 2.38. The lowest BCUT2D eigenvalue weighted by molar-refractivity contribution is -0.174. The smallest absolute Gasteiger partial charge is 0.324 e. The average Bonchev–Trinajstić information content (AvgIpc) is 2.25. The number of urea groups is 1. The maximum absolute atomic E-state index is 12.2. The molecule has 2 aliphatic heterocycles. The molecule has 90 valence electrons. The van der Waals surface area contributed by atoms with Crippen LogP contribution in [0.1, 0.15) is 0 Å². The first-order chi connectivity index (χ1) is 8.20. The molecule has 0 unspecified atom stereocenters.